The van der Waals surface area contributed by atoms with Gasteiger partial charge in [-0.1, -0.05) is 30.2 Å². The molecular weight excluding hydrogens is 318 g/mol. The number of halogens is 1. The fraction of sp³-hybridized carbons (Fsp3) is 0.500. The Morgan fingerprint density at radius 3 is 2.61 bits per heavy atom. The van der Waals surface area contributed by atoms with E-state index in [1.807, 2.05) is 24.3 Å². The predicted octanol–water partition coefficient (Wildman–Crippen LogP) is 2.01. The van der Waals surface area contributed by atoms with Crippen molar-refractivity contribution in [3.05, 3.63) is 34.9 Å². The van der Waals surface area contributed by atoms with Crippen LogP contribution in [0.25, 0.3) is 0 Å². The second kappa shape index (κ2) is 8.86. The summed E-state index contributed by atoms with van der Waals surface area (Å²) in [6, 6.07) is 7.38. The molecule has 1 aliphatic heterocycles. The molecule has 0 radical (unpaired) electrons. The van der Waals surface area contributed by atoms with Crippen molar-refractivity contribution in [3.8, 4) is 0 Å². The summed E-state index contributed by atoms with van der Waals surface area (Å²) in [5, 5.41) is 12.1. The van der Waals surface area contributed by atoms with Crippen molar-refractivity contribution in [2.45, 2.75) is 44.2 Å². The van der Waals surface area contributed by atoms with Crippen LogP contribution in [0.3, 0.4) is 0 Å². The predicted molar refractivity (Wildman–Crippen MR) is 88.0 cm³/mol. The molecule has 1 heterocycles. The number of carboxylic acid groups (broad SMARTS) is 1. The number of amides is 1. The average Bonchev–Trinajstić information content (AvgIpc) is 3.01. The Hall–Kier alpha value is -1.63. The molecule has 23 heavy (non-hydrogen) atoms. The highest BCUT2D eigenvalue weighted by Gasteiger charge is 2.29. The minimum absolute atomic E-state index is 0.0350. The van der Waals surface area contributed by atoms with Gasteiger partial charge in [0.2, 0.25) is 5.91 Å². The first-order valence-corrected chi connectivity index (χ1v) is 8.20. The summed E-state index contributed by atoms with van der Waals surface area (Å²) < 4.78 is 0. The lowest BCUT2D eigenvalue weighted by atomic mass is 10.0. The molecule has 0 saturated carbocycles. The first-order valence-electron chi connectivity index (χ1n) is 7.82. The fourth-order valence-electron chi connectivity index (χ4n) is 2.55. The number of nitrogens with one attached hydrogen (secondary N) is 3. The molecule has 1 saturated heterocycles. The van der Waals surface area contributed by atoms with E-state index in [0.717, 1.165) is 18.4 Å². The number of carbonyl (C=O) groups excluding carboxylic acids is 1. The zero-order valence-corrected chi connectivity index (χ0v) is 13.6. The largest absolute Gasteiger partial charge is 0.481 e. The molecule has 0 aromatic heterocycles. The highest BCUT2D eigenvalue weighted by atomic mass is 35.5. The van der Waals surface area contributed by atoms with Gasteiger partial charge in [0.25, 0.3) is 0 Å². The van der Waals surface area contributed by atoms with Crippen molar-refractivity contribution < 1.29 is 14.7 Å². The molecule has 2 atom stereocenters. The minimum Gasteiger partial charge on any atom is -0.481 e. The first-order chi connectivity index (χ1) is 11.1. The monoisotopic (exact) mass is 339 g/mol. The number of hydrazine groups is 1. The van der Waals surface area contributed by atoms with Crippen molar-refractivity contribution >= 4 is 23.5 Å². The summed E-state index contributed by atoms with van der Waals surface area (Å²) in [6.07, 6.45) is 3.10. The highest BCUT2D eigenvalue weighted by Crippen LogP contribution is 2.23. The topological polar surface area (TPSA) is 90.5 Å². The third kappa shape index (κ3) is 5.82. The summed E-state index contributed by atoms with van der Waals surface area (Å²) in [6.45, 7) is 0.572. The van der Waals surface area contributed by atoms with Crippen molar-refractivity contribution in [1.29, 1.82) is 0 Å². The molecule has 4 N–H and O–H groups in total. The van der Waals surface area contributed by atoms with E-state index < -0.39 is 5.97 Å². The van der Waals surface area contributed by atoms with Crippen molar-refractivity contribution in [2.24, 2.45) is 0 Å². The van der Waals surface area contributed by atoms with Crippen molar-refractivity contribution in [3.63, 3.8) is 0 Å². The Labute approximate surface area is 140 Å². The molecule has 7 heteroatoms. The molecule has 2 unspecified atom stereocenters. The lowest BCUT2D eigenvalue weighted by Crippen LogP contribution is -2.43. The van der Waals surface area contributed by atoms with Crippen LogP contribution in [0.5, 0.6) is 0 Å². The van der Waals surface area contributed by atoms with Crippen LogP contribution >= 0.6 is 11.6 Å². The van der Waals surface area contributed by atoms with Crippen LogP contribution in [0.4, 0.5) is 0 Å². The van der Waals surface area contributed by atoms with Crippen LogP contribution in [0, 0.1) is 0 Å². The molecule has 0 spiro atoms. The van der Waals surface area contributed by atoms with Crippen LogP contribution in [-0.4, -0.2) is 29.6 Å². The molecule has 1 aliphatic rings. The van der Waals surface area contributed by atoms with Crippen LogP contribution in [-0.2, 0) is 9.59 Å². The number of carbonyl (C=O) groups is 2. The van der Waals surface area contributed by atoms with Crippen LogP contribution in [0.2, 0.25) is 5.02 Å². The normalized spacial score (nSPS) is 20.4. The second-order valence-corrected chi connectivity index (χ2v) is 6.11. The Bertz CT molecular complexity index is 536. The average molecular weight is 340 g/mol. The molecule has 1 amide bonds. The van der Waals surface area contributed by atoms with Gasteiger partial charge in [-0.05, 0) is 37.0 Å². The summed E-state index contributed by atoms with van der Waals surface area (Å²) >= 11 is 5.88. The van der Waals surface area contributed by atoms with Gasteiger partial charge in [-0.15, -0.1) is 0 Å². The lowest BCUT2D eigenvalue weighted by molar-refractivity contribution is -0.137. The first kappa shape index (κ1) is 17.7. The summed E-state index contributed by atoms with van der Waals surface area (Å²) in [5.41, 5.74) is 7.23. The van der Waals surface area contributed by atoms with E-state index in [1.165, 1.54) is 0 Å². The van der Waals surface area contributed by atoms with E-state index in [0.29, 0.717) is 24.4 Å². The van der Waals surface area contributed by atoms with Gasteiger partial charge in [-0.3, -0.25) is 9.59 Å². The molecule has 0 bridgehead atoms. The maximum absolute atomic E-state index is 12.1. The van der Waals surface area contributed by atoms with Gasteiger partial charge in [0.15, 0.2) is 0 Å². The number of carboxylic acids is 1. The number of hydrogen-bond donors (Lipinski definition) is 4. The summed E-state index contributed by atoms with van der Waals surface area (Å²) in [7, 11) is 0. The van der Waals surface area contributed by atoms with Gasteiger partial charge in [-0.2, -0.15) is 0 Å². The highest BCUT2D eigenvalue weighted by molar-refractivity contribution is 6.30. The van der Waals surface area contributed by atoms with Crippen LogP contribution in [0.15, 0.2) is 24.3 Å². The molecular formula is C16H22ClN3O3. The van der Waals surface area contributed by atoms with E-state index in [4.69, 9.17) is 16.7 Å². The minimum atomic E-state index is -0.775. The number of benzene rings is 1. The van der Waals surface area contributed by atoms with Gasteiger partial charge in [-0.25, -0.2) is 10.9 Å². The quantitative estimate of drug-likeness (QED) is 0.544. The fourth-order valence-corrected chi connectivity index (χ4v) is 2.68. The zero-order valence-electron chi connectivity index (χ0n) is 12.8. The SMILES string of the molecule is O=C(O)CCCCCNC(=O)C1CC(c2ccc(Cl)cc2)NN1. The second-order valence-electron chi connectivity index (χ2n) is 5.68. The van der Waals surface area contributed by atoms with Crippen LogP contribution in [0.1, 0.15) is 43.7 Å². The standard InChI is InChI=1S/C16H22ClN3O3/c17-12-7-5-11(6-8-12)13-10-14(20-19-13)16(23)18-9-3-1-2-4-15(21)22/h5-8,13-14,19-20H,1-4,9-10H2,(H,18,23)(H,21,22). The van der Waals surface area contributed by atoms with Crippen LogP contribution < -0.4 is 16.2 Å². The Kier molecular flexibility index (Phi) is 6.83. The molecule has 6 nitrogen and oxygen atoms in total. The van der Waals surface area contributed by atoms with Gasteiger partial charge >= 0.3 is 5.97 Å². The van der Waals surface area contributed by atoms with E-state index in [9.17, 15) is 9.59 Å². The maximum atomic E-state index is 12.1. The Morgan fingerprint density at radius 2 is 1.91 bits per heavy atom. The lowest BCUT2D eigenvalue weighted by Gasteiger charge is -2.10. The van der Waals surface area contributed by atoms with E-state index in [-0.39, 0.29) is 24.4 Å². The van der Waals surface area contributed by atoms with Gasteiger partial charge in [0.1, 0.15) is 6.04 Å². The number of unbranched alkanes of at least 4 members (excludes halogenated alkanes) is 2. The molecule has 0 aliphatic carbocycles. The molecule has 126 valence electrons. The van der Waals surface area contributed by atoms with Gasteiger partial charge in [0, 0.05) is 24.0 Å². The van der Waals surface area contributed by atoms with E-state index in [1.54, 1.807) is 0 Å². The van der Waals surface area contributed by atoms with Gasteiger partial charge in [0.05, 0.1) is 0 Å². The Balaban J connectivity index is 1.66. The zero-order chi connectivity index (χ0) is 16.7. The number of aliphatic carboxylic acids is 1. The summed E-state index contributed by atoms with van der Waals surface area (Å²) in [4.78, 5) is 22.5. The molecule has 2 rings (SSSR count). The number of hydrogen-bond acceptors (Lipinski definition) is 4. The number of rotatable bonds is 8. The van der Waals surface area contributed by atoms with Crippen molar-refractivity contribution in [2.75, 3.05) is 6.54 Å². The summed E-state index contributed by atoms with van der Waals surface area (Å²) in [5.74, 6) is -0.810. The van der Waals surface area contributed by atoms with Crippen molar-refractivity contribution in [1.82, 2.24) is 16.2 Å². The third-order valence-electron chi connectivity index (χ3n) is 3.86. The third-order valence-corrected chi connectivity index (χ3v) is 4.11. The molecule has 1 aromatic carbocycles. The maximum Gasteiger partial charge on any atom is 0.303 e. The Morgan fingerprint density at radius 1 is 1.17 bits per heavy atom. The van der Waals surface area contributed by atoms with E-state index in [2.05, 4.69) is 16.2 Å². The smallest absolute Gasteiger partial charge is 0.303 e. The molecule has 1 aromatic rings. The van der Waals surface area contributed by atoms with E-state index >= 15 is 0 Å². The molecule has 1 fully saturated rings. The van der Waals surface area contributed by atoms with Gasteiger partial charge < -0.3 is 10.4 Å².